The summed E-state index contributed by atoms with van der Waals surface area (Å²) in [6, 6.07) is 0. The van der Waals surface area contributed by atoms with Gasteiger partial charge < -0.3 is 5.73 Å². The second-order valence-corrected chi connectivity index (χ2v) is 4.72. The number of carbonyl (C=O) groups is 1. The van der Waals surface area contributed by atoms with Gasteiger partial charge in [0.2, 0.25) is 5.91 Å². The van der Waals surface area contributed by atoms with Gasteiger partial charge in [-0.05, 0) is 0 Å². The number of hydrogen-bond donors (Lipinski definition) is 2. The van der Waals surface area contributed by atoms with Crippen LogP contribution >= 0.6 is 24.7 Å². The summed E-state index contributed by atoms with van der Waals surface area (Å²) in [6.45, 7) is 3.19. The third-order valence-corrected chi connectivity index (χ3v) is 2.89. The first-order valence-corrected chi connectivity index (χ1v) is 6.35. The number of hydrogen-bond acceptors (Lipinski definition) is 8. The van der Waals surface area contributed by atoms with Crippen LogP contribution in [0.15, 0.2) is 6.33 Å². The van der Waals surface area contributed by atoms with Crippen LogP contribution in [0.1, 0.15) is 13.8 Å². The fourth-order valence-corrected chi connectivity index (χ4v) is 1.85. The monoisotopic (exact) mass is 310 g/mol. The summed E-state index contributed by atoms with van der Waals surface area (Å²) in [5.41, 5.74) is 5.47. The third-order valence-electron chi connectivity index (χ3n) is 2.08. The molecule has 0 saturated heterocycles. The van der Waals surface area contributed by atoms with Crippen LogP contribution in [0.4, 0.5) is 25.1 Å². The van der Waals surface area contributed by atoms with Crippen molar-refractivity contribution < 1.29 is 12.6 Å². The SMILES string of the molecule is CC(C)C(=O)N(SF)c1ncnc(N(N)SF)c1N. The number of nitrogens with zero attached hydrogens (tertiary/aromatic N) is 4. The van der Waals surface area contributed by atoms with Crippen LogP contribution in [0, 0.1) is 5.92 Å². The van der Waals surface area contributed by atoms with Gasteiger partial charge in [0.05, 0.1) is 0 Å². The van der Waals surface area contributed by atoms with Crippen molar-refractivity contribution >= 4 is 47.9 Å². The highest BCUT2D eigenvalue weighted by Gasteiger charge is 2.26. The molecular weight excluding hydrogens is 298 g/mol. The van der Waals surface area contributed by atoms with Crippen molar-refractivity contribution in [2.75, 3.05) is 14.5 Å². The molecule has 0 aliphatic heterocycles. The van der Waals surface area contributed by atoms with E-state index in [0.29, 0.717) is 8.72 Å². The molecule has 1 aromatic heterocycles. The average Bonchev–Trinajstić information content (AvgIpc) is 2.40. The summed E-state index contributed by atoms with van der Waals surface area (Å²) in [5.74, 6) is 3.94. The van der Waals surface area contributed by atoms with Crippen molar-refractivity contribution in [1.82, 2.24) is 9.97 Å². The highest BCUT2D eigenvalue weighted by Crippen LogP contribution is 2.34. The predicted molar refractivity (Wildman–Crippen MR) is 72.8 cm³/mol. The molecule has 0 aliphatic rings. The summed E-state index contributed by atoms with van der Waals surface area (Å²) >= 11 is -0.673. The number of carbonyl (C=O) groups excluding carboxylic acids is 1. The minimum atomic E-state index is -0.541. The van der Waals surface area contributed by atoms with Gasteiger partial charge in [-0.1, -0.05) is 13.8 Å². The molecule has 4 N–H and O–H groups in total. The molecule has 1 aromatic rings. The van der Waals surface area contributed by atoms with Gasteiger partial charge in [0, 0.05) is 5.92 Å². The molecule has 0 atom stereocenters. The molecule has 0 aliphatic carbocycles. The van der Waals surface area contributed by atoms with E-state index in [1.165, 1.54) is 0 Å². The van der Waals surface area contributed by atoms with Crippen LogP contribution < -0.4 is 20.3 Å². The Morgan fingerprint density at radius 3 is 2.37 bits per heavy atom. The van der Waals surface area contributed by atoms with E-state index in [2.05, 4.69) is 9.97 Å². The number of nitrogen functional groups attached to an aromatic ring is 1. The molecule has 11 heteroatoms. The van der Waals surface area contributed by atoms with Crippen molar-refractivity contribution in [1.29, 1.82) is 0 Å². The van der Waals surface area contributed by atoms with Crippen LogP contribution in [0.5, 0.6) is 0 Å². The van der Waals surface area contributed by atoms with E-state index >= 15 is 0 Å². The summed E-state index contributed by atoms with van der Waals surface area (Å²) in [7, 11) is 0. The lowest BCUT2D eigenvalue weighted by Crippen LogP contribution is -2.30. The lowest BCUT2D eigenvalue weighted by molar-refractivity contribution is -0.120. The molecule has 0 fully saturated rings. The first-order valence-electron chi connectivity index (χ1n) is 5.00. The van der Waals surface area contributed by atoms with E-state index in [-0.39, 0.29) is 42.0 Å². The van der Waals surface area contributed by atoms with Gasteiger partial charge >= 0.3 is 0 Å². The van der Waals surface area contributed by atoms with E-state index in [1.807, 2.05) is 0 Å². The fourth-order valence-electron chi connectivity index (χ4n) is 1.15. The number of anilines is 3. The Kier molecular flexibility index (Phi) is 5.57. The number of nitrogens with two attached hydrogens (primary N) is 2. The molecule has 7 nitrogen and oxygen atoms in total. The predicted octanol–water partition coefficient (Wildman–Crippen LogP) is 1.79. The Morgan fingerprint density at radius 2 is 1.89 bits per heavy atom. The number of hydrazine groups is 1. The van der Waals surface area contributed by atoms with E-state index in [4.69, 9.17) is 11.6 Å². The maximum Gasteiger partial charge on any atom is 0.242 e. The standard InChI is InChI=1S/C8H12F2N6OS2/c1-4(2)8(17)15(18-9)6-5(11)7(14-3-13-6)16(12)19-10/h3-4H,11-12H2,1-2H3. The quantitative estimate of drug-likeness (QED) is 0.482. The van der Waals surface area contributed by atoms with Gasteiger partial charge in [0.15, 0.2) is 36.3 Å². The molecule has 0 saturated carbocycles. The van der Waals surface area contributed by atoms with Crippen LogP contribution in [0.2, 0.25) is 0 Å². The molecule has 0 spiro atoms. The van der Waals surface area contributed by atoms with Crippen LogP contribution in [-0.4, -0.2) is 15.9 Å². The van der Waals surface area contributed by atoms with E-state index < -0.39 is 11.8 Å². The van der Waals surface area contributed by atoms with Crippen molar-refractivity contribution in [3.8, 4) is 0 Å². The number of aromatic nitrogens is 2. The zero-order valence-corrected chi connectivity index (χ0v) is 11.7. The maximum absolute atomic E-state index is 12.9. The van der Waals surface area contributed by atoms with Crippen molar-refractivity contribution in [3.05, 3.63) is 6.33 Å². The Morgan fingerprint density at radius 1 is 1.32 bits per heavy atom. The van der Waals surface area contributed by atoms with Gasteiger partial charge in [-0.15, -0.1) is 7.77 Å². The molecular formula is C8H12F2N6OS2. The van der Waals surface area contributed by atoms with Gasteiger partial charge in [-0.3, -0.25) is 4.79 Å². The highest BCUT2D eigenvalue weighted by molar-refractivity contribution is 7.96. The van der Waals surface area contributed by atoms with Crippen LogP contribution in [-0.2, 0) is 4.79 Å². The minimum absolute atomic E-state index is 0.159. The van der Waals surface area contributed by atoms with Crippen LogP contribution in [0.3, 0.4) is 0 Å². The molecule has 106 valence electrons. The highest BCUT2D eigenvalue weighted by atomic mass is 32.2. The van der Waals surface area contributed by atoms with E-state index in [1.54, 1.807) is 13.8 Å². The fraction of sp³-hybridized carbons (Fsp3) is 0.375. The second-order valence-electron chi connectivity index (χ2n) is 3.69. The number of rotatable bonds is 5. The summed E-state index contributed by atoms with van der Waals surface area (Å²) in [4.78, 5) is 19.2. The Balaban J connectivity index is 3.22. The normalized spacial score (nSPS) is 10.6. The third kappa shape index (κ3) is 3.36. The molecule has 1 rings (SSSR count). The zero-order chi connectivity index (χ0) is 14.6. The summed E-state index contributed by atoms with van der Waals surface area (Å²) in [5, 5.41) is 0. The lowest BCUT2D eigenvalue weighted by Gasteiger charge is -2.21. The number of halogens is 2. The van der Waals surface area contributed by atoms with E-state index in [9.17, 15) is 12.6 Å². The Labute approximate surface area is 117 Å². The van der Waals surface area contributed by atoms with Crippen LogP contribution in [0.25, 0.3) is 0 Å². The van der Waals surface area contributed by atoms with Gasteiger partial charge in [-0.25, -0.2) is 24.5 Å². The zero-order valence-electron chi connectivity index (χ0n) is 10.1. The topological polar surface area (TPSA) is 101 Å². The smallest absolute Gasteiger partial charge is 0.242 e. The van der Waals surface area contributed by atoms with Crippen molar-refractivity contribution in [2.45, 2.75) is 13.8 Å². The van der Waals surface area contributed by atoms with Gasteiger partial charge in [-0.2, -0.15) is 0 Å². The minimum Gasteiger partial charge on any atom is -0.393 e. The first kappa shape index (κ1) is 15.7. The molecule has 19 heavy (non-hydrogen) atoms. The average molecular weight is 310 g/mol. The van der Waals surface area contributed by atoms with Crippen molar-refractivity contribution in [3.63, 3.8) is 0 Å². The van der Waals surface area contributed by atoms with Gasteiger partial charge in [0.25, 0.3) is 0 Å². The molecule has 0 aromatic carbocycles. The number of amides is 1. The molecule has 0 unspecified atom stereocenters. The largest absolute Gasteiger partial charge is 0.393 e. The molecule has 0 radical (unpaired) electrons. The first-order chi connectivity index (χ1) is 8.93. The molecule has 1 amide bonds. The van der Waals surface area contributed by atoms with Crippen molar-refractivity contribution in [2.24, 2.45) is 11.8 Å². The van der Waals surface area contributed by atoms with E-state index in [0.717, 1.165) is 6.33 Å². The Hall–Kier alpha value is -1.33. The summed E-state index contributed by atoms with van der Waals surface area (Å²) < 4.78 is 26.5. The second kappa shape index (κ2) is 6.73. The lowest BCUT2D eigenvalue weighted by atomic mass is 10.2. The molecule has 1 heterocycles. The Bertz CT molecular complexity index is 463. The van der Waals surface area contributed by atoms with Gasteiger partial charge in [0.1, 0.15) is 12.0 Å². The molecule has 0 bridgehead atoms. The maximum atomic E-state index is 12.9. The summed E-state index contributed by atoms with van der Waals surface area (Å²) in [6.07, 6.45) is 1.01.